The molecule has 1 saturated heterocycles. The van der Waals surface area contributed by atoms with Gasteiger partial charge >= 0.3 is 0 Å². The molecule has 1 aliphatic rings. The minimum atomic E-state index is -0.523. The summed E-state index contributed by atoms with van der Waals surface area (Å²) in [4.78, 5) is 30.0. The van der Waals surface area contributed by atoms with Crippen molar-refractivity contribution >= 4 is 29.1 Å². The highest BCUT2D eigenvalue weighted by atomic mass is 35.5. The van der Waals surface area contributed by atoms with Gasteiger partial charge in [-0.05, 0) is 36.2 Å². The second-order valence-corrected chi connectivity index (χ2v) is 7.93. The Morgan fingerprint density at radius 1 is 1.03 bits per heavy atom. The molecule has 0 aromatic heterocycles. The Bertz CT molecular complexity index is 835. The molecule has 6 heteroatoms. The summed E-state index contributed by atoms with van der Waals surface area (Å²) >= 11 is 6.10. The minimum absolute atomic E-state index is 0.00521. The van der Waals surface area contributed by atoms with Crippen molar-refractivity contribution < 1.29 is 9.59 Å². The Labute approximate surface area is 177 Å². The molecule has 0 radical (unpaired) electrons. The molecular formula is C23H28ClN3O2. The maximum Gasteiger partial charge on any atom is 0.251 e. The third kappa shape index (κ3) is 5.30. The van der Waals surface area contributed by atoms with Crippen LogP contribution in [-0.2, 0) is 4.79 Å². The monoisotopic (exact) mass is 413 g/mol. The molecule has 0 bridgehead atoms. The number of nitrogens with zero attached hydrogens (tertiary/aromatic N) is 2. The summed E-state index contributed by atoms with van der Waals surface area (Å²) < 4.78 is 0. The number of rotatable bonds is 6. The molecule has 1 fully saturated rings. The van der Waals surface area contributed by atoms with Crippen LogP contribution in [0.3, 0.4) is 0 Å². The third-order valence-electron chi connectivity index (χ3n) is 5.57. The fourth-order valence-electron chi connectivity index (χ4n) is 3.55. The minimum Gasteiger partial charge on any atom is -0.368 e. The van der Waals surface area contributed by atoms with E-state index in [1.165, 1.54) is 0 Å². The largest absolute Gasteiger partial charge is 0.368 e. The van der Waals surface area contributed by atoms with E-state index in [0.29, 0.717) is 23.7 Å². The van der Waals surface area contributed by atoms with Crippen molar-refractivity contribution in [3.05, 3.63) is 65.2 Å². The molecule has 2 unspecified atom stereocenters. The van der Waals surface area contributed by atoms with Crippen molar-refractivity contribution in [2.24, 2.45) is 5.92 Å². The molecule has 0 aliphatic carbocycles. The molecule has 0 saturated carbocycles. The predicted octanol–water partition coefficient (Wildman–Crippen LogP) is 3.83. The number of carbonyl (C=O) groups is 2. The van der Waals surface area contributed by atoms with Crippen LogP contribution in [0.25, 0.3) is 0 Å². The average Bonchev–Trinajstić information content (AvgIpc) is 2.77. The van der Waals surface area contributed by atoms with Gasteiger partial charge in [-0.15, -0.1) is 0 Å². The number of piperazine rings is 1. The smallest absolute Gasteiger partial charge is 0.251 e. The second kappa shape index (κ2) is 9.79. The van der Waals surface area contributed by atoms with E-state index in [-0.39, 0.29) is 17.7 Å². The van der Waals surface area contributed by atoms with Gasteiger partial charge in [0.15, 0.2) is 0 Å². The van der Waals surface area contributed by atoms with Gasteiger partial charge in [0.05, 0.1) is 0 Å². The van der Waals surface area contributed by atoms with Crippen LogP contribution >= 0.6 is 11.6 Å². The van der Waals surface area contributed by atoms with E-state index in [4.69, 9.17) is 11.6 Å². The van der Waals surface area contributed by atoms with E-state index < -0.39 is 6.04 Å². The third-order valence-corrected chi connectivity index (χ3v) is 5.80. The first kappa shape index (κ1) is 21.2. The van der Waals surface area contributed by atoms with Gasteiger partial charge < -0.3 is 15.1 Å². The van der Waals surface area contributed by atoms with Crippen molar-refractivity contribution in [2.75, 3.05) is 31.1 Å². The van der Waals surface area contributed by atoms with Crippen molar-refractivity contribution in [3.8, 4) is 0 Å². The van der Waals surface area contributed by atoms with Crippen molar-refractivity contribution in [3.63, 3.8) is 0 Å². The van der Waals surface area contributed by atoms with Crippen LogP contribution in [0, 0.1) is 5.92 Å². The number of anilines is 1. The molecule has 2 amide bonds. The molecule has 5 nitrogen and oxygen atoms in total. The van der Waals surface area contributed by atoms with Gasteiger partial charge in [0, 0.05) is 42.5 Å². The summed E-state index contributed by atoms with van der Waals surface area (Å²) in [7, 11) is 0. The van der Waals surface area contributed by atoms with Gasteiger partial charge in [-0.2, -0.15) is 0 Å². The fourth-order valence-corrected chi connectivity index (χ4v) is 3.74. The van der Waals surface area contributed by atoms with Gasteiger partial charge in [0.25, 0.3) is 5.91 Å². The van der Waals surface area contributed by atoms with Crippen LogP contribution in [0.4, 0.5) is 5.69 Å². The van der Waals surface area contributed by atoms with Crippen LogP contribution in [0.15, 0.2) is 54.6 Å². The standard InChI is InChI=1S/C23H28ClN3O2/c1-3-17(2)21(25-22(28)18-8-5-4-6-9-18)23(29)27-14-12-26(13-15-27)20-11-7-10-19(24)16-20/h4-11,16-17,21H,3,12-15H2,1-2H3,(H,25,28). The zero-order chi connectivity index (χ0) is 20.8. The van der Waals surface area contributed by atoms with E-state index in [1.54, 1.807) is 12.1 Å². The first-order valence-electron chi connectivity index (χ1n) is 10.1. The summed E-state index contributed by atoms with van der Waals surface area (Å²) in [6.07, 6.45) is 0.813. The molecular weight excluding hydrogens is 386 g/mol. The number of hydrogen-bond donors (Lipinski definition) is 1. The first-order valence-corrected chi connectivity index (χ1v) is 10.5. The van der Waals surface area contributed by atoms with Gasteiger partial charge in [-0.1, -0.05) is 56.1 Å². The van der Waals surface area contributed by atoms with E-state index in [9.17, 15) is 9.59 Å². The molecule has 1 heterocycles. The Hall–Kier alpha value is -2.53. The summed E-state index contributed by atoms with van der Waals surface area (Å²) in [5.74, 6) is -0.155. The van der Waals surface area contributed by atoms with Crippen LogP contribution in [0.1, 0.15) is 30.6 Å². The molecule has 1 N–H and O–H groups in total. The lowest BCUT2D eigenvalue weighted by Gasteiger charge is -2.38. The number of hydrogen-bond acceptors (Lipinski definition) is 3. The molecule has 2 aromatic carbocycles. The zero-order valence-corrected chi connectivity index (χ0v) is 17.7. The number of nitrogens with one attached hydrogen (secondary N) is 1. The van der Waals surface area contributed by atoms with Crippen LogP contribution < -0.4 is 10.2 Å². The molecule has 3 rings (SSSR count). The summed E-state index contributed by atoms with van der Waals surface area (Å²) in [6.45, 7) is 6.78. The number of halogens is 1. The molecule has 0 spiro atoms. The summed E-state index contributed by atoms with van der Waals surface area (Å²) in [5.41, 5.74) is 1.64. The fraction of sp³-hybridized carbons (Fsp3) is 0.391. The maximum absolute atomic E-state index is 13.2. The number of benzene rings is 2. The SMILES string of the molecule is CCC(C)C(NC(=O)c1ccccc1)C(=O)N1CCN(c2cccc(Cl)c2)CC1. The second-order valence-electron chi connectivity index (χ2n) is 7.49. The lowest BCUT2D eigenvalue weighted by atomic mass is 9.97. The van der Waals surface area contributed by atoms with Crippen molar-refractivity contribution in [1.82, 2.24) is 10.2 Å². The Morgan fingerprint density at radius 3 is 2.34 bits per heavy atom. The van der Waals surface area contributed by atoms with Gasteiger partial charge in [-0.3, -0.25) is 9.59 Å². The van der Waals surface area contributed by atoms with Crippen LogP contribution in [-0.4, -0.2) is 48.9 Å². The quantitative estimate of drug-likeness (QED) is 0.782. The Morgan fingerprint density at radius 2 is 1.72 bits per heavy atom. The molecule has 2 atom stereocenters. The van der Waals surface area contributed by atoms with E-state index >= 15 is 0 Å². The van der Waals surface area contributed by atoms with Crippen molar-refractivity contribution in [1.29, 1.82) is 0 Å². The molecule has 1 aliphatic heterocycles. The summed E-state index contributed by atoms with van der Waals surface area (Å²) in [5, 5.41) is 3.68. The summed E-state index contributed by atoms with van der Waals surface area (Å²) in [6, 6.07) is 16.3. The van der Waals surface area contributed by atoms with Crippen molar-refractivity contribution in [2.45, 2.75) is 26.3 Å². The van der Waals surface area contributed by atoms with Gasteiger partial charge in [-0.25, -0.2) is 0 Å². The Kier molecular flexibility index (Phi) is 7.15. The zero-order valence-electron chi connectivity index (χ0n) is 17.0. The number of carbonyl (C=O) groups excluding carboxylic acids is 2. The van der Waals surface area contributed by atoms with E-state index in [2.05, 4.69) is 10.2 Å². The maximum atomic E-state index is 13.2. The van der Waals surface area contributed by atoms with Gasteiger partial charge in [0.2, 0.25) is 5.91 Å². The highest BCUT2D eigenvalue weighted by Gasteiger charge is 2.32. The first-order chi connectivity index (χ1) is 14.0. The van der Waals surface area contributed by atoms with Crippen LogP contribution in [0.5, 0.6) is 0 Å². The lowest BCUT2D eigenvalue weighted by molar-refractivity contribution is -0.134. The number of amides is 2. The molecule has 2 aromatic rings. The normalized spacial score (nSPS) is 16.2. The Balaban J connectivity index is 1.65. The van der Waals surface area contributed by atoms with E-state index in [1.807, 2.05) is 61.2 Å². The lowest BCUT2D eigenvalue weighted by Crippen LogP contribution is -2.56. The molecule has 154 valence electrons. The topological polar surface area (TPSA) is 52.7 Å². The molecule has 29 heavy (non-hydrogen) atoms. The highest BCUT2D eigenvalue weighted by Crippen LogP contribution is 2.21. The predicted molar refractivity (Wildman–Crippen MR) is 117 cm³/mol. The average molecular weight is 414 g/mol. The highest BCUT2D eigenvalue weighted by molar-refractivity contribution is 6.30. The van der Waals surface area contributed by atoms with Crippen LogP contribution in [0.2, 0.25) is 5.02 Å². The van der Waals surface area contributed by atoms with E-state index in [0.717, 1.165) is 25.2 Å². The van der Waals surface area contributed by atoms with Gasteiger partial charge in [0.1, 0.15) is 6.04 Å².